The lowest BCUT2D eigenvalue weighted by molar-refractivity contribution is 0.290. The predicted octanol–water partition coefficient (Wildman–Crippen LogP) is 6.37. The van der Waals surface area contributed by atoms with E-state index in [-0.39, 0.29) is 5.41 Å². The summed E-state index contributed by atoms with van der Waals surface area (Å²) < 4.78 is 0. The van der Waals surface area contributed by atoms with Gasteiger partial charge >= 0.3 is 0 Å². The summed E-state index contributed by atoms with van der Waals surface area (Å²) in [6.45, 7) is 15.1. The standard InChI is InChI=1S/C23H33N/c1-7-10-21-22(6,24)20(15-16-23(21,8-2)9-3)19-13-11-18(12-14-19)17(4)5/h10-15H,4,7-9,16,24H2,1-3,5-6H3/b21-10-. The molecule has 2 rings (SSSR count). The van der Waals surface area contributed by atoms with E-state index in [1.54, 1.807) is 0 Å². The number of benzene rings is 1. The van der Waals surface area contributed by atoms with Gasteiger partial charge in [-0.25, -0.2) is 0 Å². The van der Waals surface area contributed by atoms with Crippen LogP contribution >= 0.6 is 0 Å². The first-order chi connectivity index (χ1) is 11.3. The first-order valence-corrected chi connectivity index (χ1v) is 9.29. The summed E-state index contributed by atoms with van der Waals surface area (Å²) in [4.78, 5) is 0. The van der Waals surface area contributed by atoms with E-state index in [1.165, 1.54) is 22.3 Å². The van der Waals surface area contributed by atoms with E-state index in [0.717, 1.165) is 31.3 Å². The van der Waals surface area contributed by atoms with Gasteiger partial charge in [-0.2, -0.15) is 0 Å². The van der Waals surface area contributed by atoms with Gasteiger partial charge in [0.15, 0.2) is 0 Å². The van der Waals surface area contributed by atoms with Crippen molar-refractivity contribution in [3.63, 3.8) is 0 Å². The molecule has 0 bridgehead atoms. The van der Waals surface area contributed by atoms with E-state index in [0.29, 0.717) is 0 Å². The maximum absolute atomic E-state index is 6.95. The lowest BCUT2D eigenvalue weighted by Gasteiger charge is -2.47. The van der Waals surface area contributed by atoms with Crippen LogP contribution in [0.25, 0.3) is 11.1 Å². The second-order valence-corrected chi connectivity index (χ2v) is 7.40. The molecule has 130 valence electrons. The van der Waals surface area contributed by atoms with Gasteiger partial charge in [-0.05, 0) is 67.2 Å². The Kier molecular flexibility index (Phi) is 5.55. The summed E-state index contributed by atoms with van der Waals surface area (Å²) in [5.41, 5.74) is 12.9. The monoisotopic (exact) mass is 323 g/mol. The van der Waals surface area contributed by atoms with Crippen LogP contribution in [0.4, 0.5) is 0 Å². The highest BCUT2D eigenvalue weighted by Crippen LogP contribution is 2.51. The Balaban J connectivity index is 2.53. The first-order valence-electron chi connectivity index (χ1n) is 9.29. The largest absolute Gasteiger partial charge is 0.318 e. The highest BCUT2D eigenvalue weighted by molar-refractivity contribution is 5.79. The topological polar surface area (TPSA) is 26.0 Å². The van der Waals surface area contributed by atoms with Crippen LogP contribution in [-0.4, -0.2) is 5.54 Å². The molecule has 0 heterocycles. The molecule has 0 radical (unpaired) electrons. The zero-order chi connectivity index (χ0) is 18.0. The van der Waals surface area contributed by atoms with Crippen molar-refractivity contribution in [1.82, 2.24) is 0 Å². The van der Waals surface area contributed by atoms with E-state index < -0.39 is 5.54 Å². The molecule has 0 saturated heterocycles. The van der Waals surface area contributed by atoms with Crippen LogP contribution in [0.15, 0.2) is 48.6 Å². The molecule has 1 aliphatic carbocycles. The number of hydrogen-bond donors (Lipinski definition) is 1. The summed E-state index contributed by atoms with van der Waals surface area (Å²) in [7, 11) is 0. The Hall–Kier alpha value is -1.60. The van der Waals surface area contributed by atoms with E-state index >= 15 is 0 Å². The minimum Gasteiger partial charge on any atom is -0.318 e. The Morgan fingerprint density at radius 3 is 2.21 bits per heavy atom. The second-order valence-electron chi connectivity index (χ2n) is 7.40. The number of nitrogens with two attached hydrogens (primary N) is 1. The van der Waals surface area contributed by atoms with Crippen LogP contribution < -0.4 is 5.73 Å². The molecule has 24 heavy (non-hydrogen) atoms. The molecule has 1 nitrogen and oxygen atoms in total. The number of hydrogen-bond acceptors (Lipinski definition) is 1. The van der Waals surface area contributed by atoms with Crippen molar-refractivity contribution >= 4 is 11.1 Å². The van der Waals surface area contributed by atoms with Crippen molar-refractivity contribution in [3.8, 4) is 0 Å². The summed E-state index contributed by atoms with van der Waals surface area (Å²) in [6, 6.07) is 8.68. The van der Waals surface area contributed by atoms with Crippen LogP contribution in [0.2, 0.25) is 0 Å². The van der Waals surface area contributed by atoms with Gasteiger partial charge in [0, 0.05) is 0 Å². The van der Waals surface area contributed by atoms with Crippen LogP contribution in [0.1, 0.15) is 71.4 Å². The molecule has 1 atom stereocenters. The fourth-order valence-electron chi connectivity index (χ4n) is 4.22. The minimum absolute atomic E-state index is 0.209. The van der Waals surface area contributed by atoms with Crippen molar-refractivity contribution < 1.29 is 0 Å². The van der Waals surface area contributed by atoms with Gasteiger partial charge in [0.25, 0.3) is 0 Å². The van der Waals surface area contributed by atoms with Crippen molar-refractivity contribution in [3.05, 3.63) is 59.7 Å². The quantitative estimate of drug-likeness (QED) is 0.626. The predicted molar refractivity (Wildman–Crippen MR) is 108 cm³/mol. The zero-order valence-corrected chi connectivity index (χ0v) is 16.1. The maximum Gasteiger partial charge on any atom is 0.0604 e. The molecular formula is C23H33N. The van der Waals surface area contributed by atoms with Gasteiger partial charge in [-0.1, -0.05) is 69.3 Å². The molecule has 0 aromatic heterocycles. The van der Waals surface area contributed by atoms with Crippen molar-refractivity contribution in [2.75, 3.05) is 0 Å². The third kappa shape index (κ3) is 3.15. The smallest absolute Gasteiger partial charge is 0.0604 e. The molecule has 1 aromatic rings. The fraction of sp³-hybridized carbons (Fsp3) is 0.478. The lowest BCUT2D eigenvalue weighted by atomic mass is 9.59. The van der Waals surface area contributed by atoms with E-state index in [1.807, 2.05) is 6.92 Å². The second kappa shape index (κ2) is 7.11. The molecule has 0 spiro atoms. The van der Waals surface area contributed by atoms with Gasteiger partial charge in [0.2, 0.25) is 0 Å². The average molecular weight is 324 g/mol. The Labute approximate surface area is 148 Å². The van der Waals surface area contributed by atoms with Crippen molar-refractivity contribution in [1.29, 1.82) is 0 Å². The van der Waals surface area contributed by atoms with Crippen molar-refractivity contribution in [2.45, 2.75) is 65.8 Å². The van der Waals surface area contributed by atoms with Crippen molar-refractivity contribution in [2.24, 2.45) is 11.1 Å². The molecule has 1 heteroatoms. The van der Waals surface area contributed by atoms with Crippen LogP contribution in [0, 0.1) is 5.41 Å². The van der Waals surface area contributed by atoms with Crippen LogP contribution in [0.5, 0.6) is 0 Å². The molecule has 1 aromatic carbocycles. The highest BCUT2D eigenvalue weighted by Gasteiger charge is 2.44. The molecule has 2 N–H and O–H groups in total. The number of allylic oxidation sites excluding steroid dienone is 3. The third-order valence-electron chi connectivity index (χ3n) is 5.84. The zero-order valence-electron chi connectivity index (χ0n) is 16.1. The minimum atomic E-state index is -0.412. The van der Waals surface area contributed by atoms with E-state index in [9.17, 15) is 0 Å². The molecular weight excluding hydrogens is 290 g/mol. The van der Waals surface area contributed by atoms with Crippen LogP contribution in [0.3, 0.4) is 0 Å². The van der Waals surface area contributed by atoms with Gasteiger partial charge < -0.3 is 5.73 Å². The van der Waals surface area contributed by atoms with Gasteiger partial charge in [0.05, 0.1) is 5.54 Å². The maximum atomic E-state index is 6.95. The van der Waals surface area contributed by atoms with E-state index in [4.69, 9.17) is 5.73 Å². The fourth-order valence-corrected chi connectivity index (χ4v) is 4.22. The first kappa shape index (κ1) is 18.7. The van der Waals surface area contributed by atoms with E-state index in [2.05, 4.69) is 70.7 Å². The van der Waals surface area contributed by atoms with Gasteiger partial charge in [-0.15, -0.1) is 0 Å². The SMILES string of the molecule is C=C(C)c1ccc(C2=CCC(CC)(CC)/C(=C\CC)C2(C)N)cc1. The Morgan fingerprint density at radius 1 is 1.17 bits per heavy atom. The Bertz CT molecular complexity index is 652. The average Bonchev–Trinajstić information content (AvgIpc) is 2.57. The third-order valence-corrected chi connectivity index (χ3v) is 5.84. The van der Waals surface area contributed by atoms with Crippen LogP contribution in [-0.2, 0) is 0 Å². The molecule has 1 unspecified atom stereocenters. The molecule has 1 aliphatic rings. The number of rotatable bonds is 5. The lowest BCUT2D eigenvalue weighted by Crippen LogP contribution is -2.48. The Morgan fingerprint density at radius 2 is 1.75 bits per heavy atom. The molecule has 0 fully saturated rings. The summed E-state index contributed by atoms with van der Waals surface area (Å²) in [6.07, 6.45) is 9.15. The summed E-state index contributed by atoms with van der Waals surface area (Å²) in [5.74, 6) is 0. The highest BCUT2D eigenvalue weighted by atomic mass is 14.8. The normalized spacial score (nSPS) is 24.8. The summed E-state index contributed by atoms with van der Waals surface area (Å²) >= 11 is 0. The molecule has 0 aliphatic heterocycles. The van der Waals surface area contributed by atoms with Gasteiger partial charge in [-0.3, -0.25) is 0 Å². The van der Waals surface area contributed by atoms with Gasteiger partial charge in [0.1, 0.15) is 0 Å². The summed E-state index contributed by atoms with van der Waals surface area (Å²) in [5, 5.41) is 0. The molecule has 0 amide bonds. The molecule has 0 saturated carbocycles.